The molecule has 0 radical (unpaired) electrons. The number of hydrogen-bond acceptors (Lipinski definition) is 3. The molecule has 1 fully saturated rings. The number of anilines is 1. The van der Waals surface area contributed by atoms with Gasteiger partial charge in [-0.1, -0.05) is 20.8 Å². The molecule has 3 nitrogen and oxygen atoms in total. The summed E-state index contributed by atoms with van der Waals surface area (Å²) < 4.78 is 0. The smallest absolute Gasteiger partial charge is 0.128 e. The predicted octanol–water partition coefficient (Wildman–Crippen LogP) is 2.52. The van der Waals surface area contributed by atoms with Crippen LogP contribution in [0.25, 0.3) is 0 Å². The quantitative estimate of drug-likeness (QED) is 0.818. The van der Waals surface area contributed by atoms with E-state index in [1.807, 2.05) is 6.20 Å². The van der Waals surface area contributed by atoms with Crippen LogP contribution in [0.15, 0.2) is 18.3 Å². The van der Waals surface area contributed by atoms with E-state index in [-0.39, 0.29) is 5.41 Å². The normalized spacial score (nSPS) is 18.1. The summed E-state index contributed by atoms with van der Waals surface area (Å²) in [6, 6.07) is 4.43. The van der Waals surface area contributed by atoms with Crippen LogP contribution in [-0.4, -0.2) is 43.1 Å². The minimum atomic E-state index is 0.240. The summed E-state index contributed by atoms with van der Waals surface area (Å²) in [5.74, 6) is 1.14. The van der Waals surface area contributed by atoms with Crippen molar-refractivity contribution in [2.24, 2.45) is 0 Å². The molecule has 0 N–H and O–H groups in total. The van der Waals surface area contributed by atoms with Crippen LogP contribution in [0.4, 0.5) is 5.82 Å². The van der Waals surface area contributed by atoms with Crippen LogP contribution in [0.5, 0.6) is 0 Å². The van der Waals surface area contributed by atoms with Gasteiger partial charge in [0.15, 0.2) is 0 Å². The van der Waals surface area contributed by atoms with Crippen LogP contribution in [0.1, 0.15) is 32.8 Å². The molecule has 0 atom stereocenters. The van der Waals surface area contributed by atoms with Gasteiger partial charge in [0.25, 0.3) is 0 Å². The molecule has 1 aromatic heterocycles. The highest BCUT2D eigenvalue weighted by Gasteiger charge is 2.21. The van der Waals surface area contributed by atoms with Crippen molar-refractivity contribution < 1.29 is 0 Å². The van der Waals surface area contributed by atoms with Gasteiger partial charge >= 0.3 is 0 Å². The second kappa shape index (κ2) is 5.27. The van der Waals surface area contributed by atoms with E-state index >= 15 is 0 Å². The lowest BCUT2D eigenvalue weighted by Gasteiger charge is -2.34. The van der Waals surface area contributed by atoms with E-state index in [2.05, 4.69) is 54.7 Å². The molecule has 2 rings (SSSR count). The van der Waals surface area contributed by atoms with Gasteiger partial charge in [0.1, 0.15) is 5.82 Å². The van der Waals surface area contributed by atoms with E-state index in [0.717, 1.165) is 38.4 Å². The van der Waals surface area contributed by atoms with Gasteiger partial charge < -0.3 is 9.80 Å². The molecule has 0 bridgehead atoms. The van der Waals surface area contributed by atoms with Crippen LogP contribution in [-0.2, 0) is 5.41 Å². The molecular weight excluding hydrogens is 222 g/mol. The molecular formula is C15H25N3. The first-order valence-corrected chi connectivity index (χ1v) is 6.93. The van der Waals surface area contributed by atoms with Crippen molar-refractivity contribution in [1.29, 1.82) is 0 Å². The van der Waals surface area contributed by atoms with E-state index in [0.29, 0.717) is 0 Å². The van der Waals surface area contributed by atoms with Crippen molar-refractivity contribution in [3.8, 4) is 0 Å². The topological polar surface area (TPSA) is 19.4 Å². The van der Waals surface area contributed by atoms with Gasteiger partial charge in [-0.3, -0.25) is 0 Å². The third kappa shape index (κ3) is 2.83. The fourth-order valence-electron chi connectivity index (χ4n) is 2.25. The van der Waals surface area contributed by atoms with Crippen LogP contribution in [0, 0.1) is 0 Å². The standard InChI is InChI=1S/C15H25N3/c1-5-15(2,3)13-6-7-16-14(12-13)18-10-8-17(4)9-11-18/h6-7,12H,5,8-11H2,1-4H3. The van der Waals surface area contributed by atoms with Gasteiger partial charge in [-0.15, -0.1) is 0 Å². The largest absolute Gasteiger partial charge is 0.354 e. The Hall–Kier alpha value is -1.09. The van der Waals surface area contributed by atoms with Crippen molar-refractivity contribution in [2.75, 3.05) is 38.1 Å². The Morgan fingerprint density at radius 1 is 1.22 bits per heavy atom. The molecule has 0 saturated carbocycles. The lowest BCUT2D eigenvalue weighted by atomic mass is 9.83. The molecule has 0 aromatic carbocycles. The zero-order chi connectivity index (χ0) is 13.2. The first-order valence-electron chi connectivity index (χ1n) is 6.93. The summed E-state index contributed by atoms with van der Waals surface area (Å²) >= 11 is 0. The summed E-state index contributed by atoms with van der Waals surface area (Å²) in [5.41, 5.74) is 1.64. The van der Waals surface area contributed by atoms with E-state index in [1.165, 1.54) is 5.56 Å². The van der Waals surface area contributed by atoms with Crippen molar-refractivity contribution in [1.82, 2.24) is 9.88 Å². The lowest BCUT2D eigenvalue weighted by Crippen LogP contribution is -2.44. The first-order chi connectivity index (χ1) is 8.53. The number of pyridine rings is 1. The van der Waals surface area contributed by atoms with E-state index in [9.17, 15) is 0 Å². The van der Waals surface area contributed by atoms with Crippen LogP contribution >= 0.6 is 0 Å². The third-order valence-corrected chi connectivity index (χ3v) is 4.24. The molecule has 18 heavy (non-hydrogen) atoms. The summed E-state index contributed by atoms with van der Waals surface area (Å²) in [7, 11) is 2.18. The number of likely N-dealkylation sites (N-methyl/N-ethyl adjacent to an activating group) is 1. The molecule has 1 aliphatic rings. The van der Waals surface area contributed by atoms with Gasteiger partial charge in [-0.25, -0.2) is 4.98 Å². The monoisotopic (exact) mass is 247 g/mol. The molecule has 1 saturated heterocycles. The number of piperazine rings is 1. The van der Waals surface area contributed by atoms with E-state index in [1.54, 1.807) is 0 Å². The van der Waals surface area contributed by atoms with Gasteiger partial charge in [0.2, 0.25) is 0 Å². The highest BCUT2D eigenvalue weighted by molar-refractivity contribution is 5.43. The number of aromatic nitrogens is 1. The highest BCUT2D eigenvalue weighted by Crippen LogP contribution is 2.28. The van der Waals surface area contributed by atoms with Crippen molar-refractivity contribution in [2.45, 2.75) is 32.6 Å². The highest BCUT2D eigenvalue weighted by atomic mass is 15.3. The van der Waals surface area contributed by atoms with Crippen molar-refractivity contribution in [3.05, 3.63) is 23.9 Å². The fraction of sp³-hybridized carbons (Fsp3) is 0.667. The average molecular weight is 247 g/mol. The zero-order valence-corrected chi connectivity index (χ0v) is 12.1. The summed E-state index contributed by atoms with van der Waals surface area (Å²) in [6.07, 6.45) is 3.11. The van der Waals surface area contributed by atoms with Gasteiger partial charge in [0, 0.05) is 32.4 Å². The molecule has 0 amide bonds. The number of nitrogens with zero attached hydrogens (tertiary/aromatic N) is 3. The third-order valence-electron chi connectivity index (χ3n) is 4.24. The Morgan fingerprint density at radius 3 is 2.50 bits per heavy atom. The Kier molecular flexibility index (Phi) is 3.91. The fourth-order valence-corrected chi connectivity index (χ4v) is 2.25. The molecule has 100 valence electrons. The maximum Gasteiger partial charge on any atom is 0.128 e. The Labute approximate surface area is 111 Å². The SMILES string of the molecule is CCC(C)(C)c1ccnc(N2CCN(C)CC2)c1. The van der Waals surface area contributed by atoms with Crippen molar-refractivity contribution in [3.63, 3.8) is 0 Å². The molecule has 1 aliphatic heterocycles. The van der Waals surface area contributed by atoms with Gasteiger partial charge in [-0.05, 0) is 36.6 Å². The maximum absolute atomic E-state index is 4.54. The minimum absolute atomic E-state index is 0.240. The average Bonchev–Trinajstić information content (AvgIpc) is 2.40. The van der Waals surface area contributed by atoms with Crippen LogP contribution < -0.4 is 4.90 Å². The molecule has 0 aliphatic carbocycles. The molecule has 0 spiro atoms. The van der Waals surface area contributed by atoms with E-state index in [4.69, 9.17) is 0 Å². The van der Waals surface area contributed by atoms with Crippen molar-refractivity contribution >= 4 is 5.82 Å². The number of rotatable bonds is 3. The Morgan fingerprint density at radius 2 is 1.89 bits per heavy atom. The molecule has 2 heterocycles. The first kappa shape index (κ1) is 13.3. The second-order valence-corrected chi connectivity index (χ2v) is 5.93. The predicted molar refractivity (Wildman–Crippen MR) is 77.3 cm³/mol. The Balaban J connectivity index is 2.17. The molecule has 0 unspecified atom stereocenters. The lowest BCUT2D eigenvalue weighted by molar-refractivity contribution is 0.312. The van der Waals surface area contributed by atoms with Gasteiger partial charge in [-0.2, -0.15) is 0 Å². The number of hydrogen-bond donors (Lipinski definition) is 0. The Bertz CT molecular complexity index is 392. The van der Waals surface area contributed by atoms with Crippen LogP contribution in [0.2, 0.25) is 0 Å². The molecule has 1 aromatic rings. The summed E-state index contributed by atoms with van der Waals surface area (Å²) in [6.45, 7) is 11.3. The van der Waals surface area contributed by atoms with E-state index < -0.39 is 0 Å². The molecule has 3 heteroatoms. The zero-order valence-electron chi connectivity index (χ0n) is 12.1. The van der Waals surface area contributed by atoms with Gasteiger partial charge in [0.05, 0.1) is 0 Å². The summed E-state index contributed by atoms with van der Waals surface area (Å²) in [4.78, 5) is 9.31. The minimum Gasteiger partial charge on any atom is -0.354 e. The maximum atomic E-state index is 4.54. The second-order valence-electron chi connectivity index (χ2n) is 5.93. The summed E-state index contributed by atoms with van der Waals surface area (Å²) in [5, 5.41) is 0. The van der Waals surface area contributed by atoms with Crippen LogP contribution in [0.3, 0.4) is 0 Å².